The zero-order valence-electron chi connectivity index (χ0n) is 20.5. The molecule has 0 bridgehead atoms. The Balaban J connectivity index is 1.77. The van der Waals surface area contributed by atoms with E-state index in [0.717, 1.165) is 83.9 Å². The van der Waals surface area contributed by atoms with Gasteiger partial charge in [0, 0.05) is 51.9 Å². The van der Waals surface area contributed by atoms with Crippen molar-refractivity contribution >= 4 is 12.1 Å². The number of ether oxygens (including phenoxy) is 1. The second-order valence-corrected chi connectivity index (χ2v) is 10.1. The maximum absolute atomic E-state index is 12.4. The van der Waals surface area contributed by atoms with Crippen LogP contribution in [0.3, 0.4) is 0 Å². The average Bonchev–Trinajstić information content (AvgIpc) is 2.68. The molecule has 7 heteroatoms. The SMILES string of the molecule is C=C(C)CN1CCC(NC(=NCCC2CCCN(C(=O)OC(C)(C)C)C2)NCC)CC1. The van der Waals surface area contributed by atoms with E-state index in [1.807, 2.05) is 25.7 Å². The Morgan fingerprint density at radius 3 is 2.52 bits per heavy atom. The van der Waals surface area contributed by atoms with Crippen LogP contribution in [0.4, 0.5) is 4.79 Å². The summed E-state index contributed by atoms with van der Waals surface area (Å²) < 4.78 is 5.54. The first-order chi connectivity index (χ1) is 14.7. The number of guanidine groups is 1. The molecule has 1 unspecified atom stereocenters. The lowest BCUT2D eigenvalue weighted by Gasteiger charge is -2.34. The van der Waals surface area contributed by atoms with Crippen LogP contribution in [0.15, 0.2) is 17.1 Å². The molecule has 178 valence electrons. The van der Waals surface area contributed by atoms with Crippen LogP contribution in [-0.2, 0) is 4.74 Å². The first kappa shape index (κ1) is 25.5. The van der Waals surface area contributed by atoms with Crippen LogP contribution in [0.1, 0.15) is 66.7 Å². The summed E-state index contributed by atoms with van der Waals surface area (Å²) >= 11 is 0. The van der Waals surface area contributed by atoms with E-state index in [1.165, 1.54) is 5.57 Å². The van der Waals surface area contributed by atoms with Crippen molar-refractivity contribution in [2.75, 3.05) is 45.8 Å². The van der Waals surface area contributed by atoms with Gasteiger partial charge in [-0.1, -0.05) is 12.2 Å². The number of nitrogens with zero attached hydrogens (tertiary/aromatic N) is 3. The van der Waals surface area contributed by atoms with Gasteiger partial charge in [0.2, 0.25) is 0 Å². The highest BCUT2D eigenvalue weighted by atomic mass is 16.6. The second kappa shape index (κ2) is 12.3. The van der Waals surface area contributed by atoms with E-state index in [2.05, 4.69) is 36.0 Å². The van der Waals surface area contributed by atoms with Gasteiger partial charge in [-0.25, -0.2) is 4.79 Å². The fourth-order valence-corrected chi connectivity index (χ4v) is 4.28. The highest BCUT2D eigenvalue weighted by Gasteiger charge is 2.27. The normalized spacial score (nSPS) is 21.6. The number of rotatable bonds is 7. The van der Waals surface area contributed by atoms with Gasteiger partial charge in [-0.15, -0.1) is 0 Å². The largest absolute Gasteiger partial charge is 0.444 e. The third-order valence-electron chi connectivity index (χ3n) is 5.74. The van der Waals surface area contributed by atoms with E-state index >= 15 is 0 Å². The Hall–Kier alpha value is -1.76. The second-order valence-electron chi connectivity index (χ2n) is 10.1. The van der Waals surface area contributed by atoms with Gasteiger partial charge in [0.25, 0.3) is 0 Å². The molecule has 0 spiro atoms. The van der Waals surface area contributed by atoms with Gasteiger partial charge in [0.15, 0.2) is 5.96 Å². The zero-order valence-corrected chi connectivity index (χ0v) is 20.5. The fraction of sp³-hybridized carbons (Fsp3) is 0.833. The lowest BCUT2D eigenvalue weighted by atomic mass is 9.95. The van der Waals surface area contributed by atoms with Crippen molar-refractivity contribution in [3.05, 3.63) is 12.2 Å². The Morgan fingerprint density at radius 1 is 1.19 bits per heavy atom. The van der Waals surface area contributed by atoms with Gasteiger partial charge in [0.1, 0.15) is 5.60 Å². The van der Waals surface area contributed by atoms with Crippen molar-refractivity contribution in [1.29, 1.82) is 0 Å². The Morgan fingerprint density at radius 2 is 1.90 bits per heavy atom. The van der Waals surface area contributed by atoms with Gasteiger partial charge in [-0.2, -0.15) is 0 Å². The minimum Gasteiger partial charge on any atom is -0.444 e. The molecule has 1 amide bonds. The minimum atomic E-state index is -0.443. The van der Waals surface area contributed by atoms with Crippen molar-refractivity contribution in [3.63, 3.8) is 0 Å². The van der Waals surface area contributed by atoms with Crippen LogP contribution in [0, 0.1) is 5.92 Å². The molecule has 31 heavy (non-hydrogen) atoms. The molecule has 0 radical (unpaired) electrons. The van der Waals surface area contributed by atoms with Gasteiger partial charge >= 0.3 is 6.09 Å². The number of hydrogen-bond acceptors (Lipinski definition) is 4. The molecule has 2 fully saturated rings. The third kappa shape index (κ3) is 9.93. The van der Waals surface area contributed by atoms with Crippen molar-refractivity contribution in [3.8, 4) is 0 Å². The zero-order chi connectivity index (χ0) is 22.9. The Bertz CT molecular complexity index is 606. The van der Waals surface area contributed by atoms with Gasteiger partial charge in [0.05, 0.1) is 0 Å². The Labute approximate surface area is 189 Å². The number of amides is 1. The number of hydrogen-bond donors (Lipinski definition) is 2. The number of likely N-dealkylation sites (tertiary alicyclic amines) is 2. The van der Waals surface area contributed by atoms with Crippen LogP contribution in [0.25, 0.3) is 0 Å². The van der Waals surface area contributed by atoms with Gasteiger partial charge in [-0.3, -0.25) is 9.89 Å². The molecule has 2 heterocycles. The molecule has 0 aromatic heterocycles. The van der Waals surface area contributed by atoms with Crippen molar-refractivity contribution in [2.45, 2.75) is 78.4 Å². The van der Waals surface area contributed by atoms with Crippen LogP contribution in [0.2, 0.25) is 0 Å². The predicted molar refractivity (Wildman–Crippen MR) is 129 cm³/mol. The average molecular weight is 436 g/mol. The van der Waals surface area contributed by atoms with E-state index in [9.17, 15) is 4.79 Å². The highest BCUT2D eigenvalue weighted by Crippen LogP contribution is 2.21. The summed E-state index contributed by atoms with van der Waals surface area (Å²) in [5.41, 5.74) is 0.788. The smallest absolute Gasteiger partial charge is 0.410 e. The van der Waals surface area contributed by atoms with Crippen molar-refractivity contribution in [2.24, 2.45) is 10.9 Å². The van der Waals surface area contributed by atoms with Crippen molar-refractivity contribution < 1.29 is 9.53 Å². The quantitative estimate of drug-likeness (QED) is 0.363. The molecule has 0 aromatic carbocycles. The molecular formula is C24H45N5O2. The summed E-state index contributed by atoms with van der Waals surface area (Å²) in [5.74, 6) is 1.40. The molecule has 0 aromatic rings. The monoisotopic (exact) mass is 435 g/mol. The number of carbonyl (C=O) groups is 1. The summed E-state index contributed by atoms with van der Waals surface area (Å²) in [4.78, 5) is 21.6. The molecule has 7 nitrogen and oxygen atoms in total. The molecule has 2 aliphatic heterocycles. The molecule has 2 N–H and O–H groups in total. The minimum absolute atomic E-state index is 0.186. The van der Waals surface area contributed by atoms with E-state index in [1.54, 1.807) is 0 Å². The molecule has 0 aliphatic carbocycles. The lowest BCUT2D eigenvalue weighted by Crippen LogP contribution is -2.49. The van der Waals surface area contributed by atoms with Crippen LogP contribution in [0.5, 0.6) is 0 Å². The summed E-state index contributed by atoms with van der Waals surface area (Å²) in [7, 11) is 0. The maximum atomic E-state index is 12.4. The van der Waals surface area contributed by atoms with Crippen LogP contribution >= 0.6 is 0 Å². The topological polar surface area (TPSA) is 69.2 Å². The molecule has 2 rings (SSSR count). The van der Waals surface area contributed by atoms with E-state index < -0.39 is 5.60 Å². The van der Waals surface area contributed by atoms with Crippen LogP contribution < -0.4 is 10.6 Å². The number of nitrogens with one attached hydrogen (secondary N) is 2. The molecule has 0 saturated carbocycles. The van der Waals surface area contributed by atoms with E-state index in [4.69, 9.17) is 9.73 Å². The summed E-state index contributed by atoms with van der Waals surface area (Å²) in [6, 6.07) is 0.469. The van der Waals surface area contributed by atoms with Crippen LogP contribution in [-0.4, -0.2) is 79.3 Å². The predicted octanol–water partition coefficient (Wildman–Crippen LogP) is 3.62. The maximum Gasteiger partial charge on any atom is 0.410 e. The molecule has 2 aliphatic rings. The highest BCUT2D eigenvalue weighted by molar-refractivity contribution is 5.80. The summed E-state index contributed by atoms with van der Waals surface area (Å²) in [5, 5.41) is 7.02. The molecule has 1 atom stereocenters. The number of carbonyl (C=O) groups excluding carboxylic acids is 1. The third-order valence-corrected chi connectivity index (χ3v) is 5.74. The van der Waals surface area contributed by atoms with Gasteiger partial charge < -0.3 is 20.3 Å². The lowest BCUT2D eigenvalue weighted by molar-refractivity contribution is 0.0163. The Kier molecular flexibility index (Phi) is 10.1. The van der Waals surface area contributed by atoms with Crippen molar-refractivity contribution in [1.82, 2.24) is 20.4 Å². The summed E-state index contributed by atoms with van der Waals surface area (Å²) in [6.07, 6.45) is 5.26. The van der Waals surface area contributed by atoms with E-state index in [0.29, 0.717) is 12.0 Å². The molecular weight excluding hydrogens is 390 g/mol. The fourth-order valence-electron chi connectivity index (χ4n) is 4.28. The first-order valence-electron chi connectivity index (χ1n) is 12.1. The standard InChI is InChI=1S/C24H45N5O2/c1-7-25-22(27-21-11-15-28(16-12-21)17-19(2)3)26-13-10-20-9-8-14-29(18-20)23(30)31-24(4,5)6/h20-21H,2,7-18H2,1,3-6H3,(H2,25,26,27). The number of piperidine rings is 2. The van der Waals surface area contributed by atoms with E-state index in [-0.39, 0.29) is 6.09 Å². The molecule has 2 saturated heterocycles. The number of aliphatic imine (C=N–C) groups is 1. The summed E-state index contributed by atoms with van der Waals surface area (Å²) in [6.45, 7) is 20.4. The first-order valence-corrected chi connectivity index (χ1v) is 12.1. The van der Waals surface area contributed by atoms with Gasteiger partial charge in [-0.05, 0) is 72.6 Å².